The normalized spacial score (nSPS) is 22.4. The Hall–Kier alpha value is -3.52. The topological polar surface area (TPSA) is 119 Å². The fourth-order valence-corrected chi connectivity index (χ4v) is 4.99. The van der Waals surface area contributed by atoms with Gasteiger partial charge in [0.25, 0.3) is 0 Å². The number of amides is 2. The van der Waals surface area contributed by atoms with Crippen LogP contribution >= 0.6 is 0 Å². The third kappa shape index (κ3) is 6.12. The van der Waals surface area contributed by atoms with E-state index in [1.54, 1.807) is 6.07 Å². The Morgan fingerprint density at radius 3 is 2.73 bits per heavy atom. The van der Waals surface area contributed by atoms with Gasteiger partial charge in [0, 0.05) is 19.5 Å². The number of nitrogens with one attached hydrogen (secondary N) is 1. The number of pyridine rings is 1. The van der Waals surface area contributed by atoms with E-state index >= 15 is 0 Å². The number of carbonyl (C=O) groups excluding carboxylic acids is 2. The first-order valence-corrected chi connectivity index (χ1v) is 13.1. The number of ketones is 1. The van der Waals surface area contributed by atoms with Gasteiger partial charge in [0.05, 0.1) is 36.6 Å². The molecule has 1 N–H and O–H groups in total. The average Bonchev–Trinajstić information content (AvgIpc) is 3.26. The maximum atomic E-state index is 13.5. The van der Waals surface area contributed by atoms with Crippen LogP contribution in [0.1, 0.15) is 50.5 Å². The number of urea groups is 1. The Labute approximate surface area is 229 Å². The molecule has 2 aromatic heterocycles. The molecule has 5 rings (SSSR count). The van der Waals surface area contributed by atoms with E-state index in [4.69, 9.17) is 14.2 Å². The first-order chi connectivity index (χ1) is 18.9. The summed E-state index contributed by atoms with van der Waals surface area (Å²) in [4.78, 5) is 42.4. The second-order valence-corrected chi connectivity index (χ2v) is 10.7. The number of aromatic nitrogens is 3. The van der Waals surface area contributed by atoms with Gasteiger partial charge in [-0.05, 0) is 38.8 Å². The zero-order valence-electron chi connectivity index (χ0n) is 22.4. The van der Waals surface area contributed by atoms with Crippen LogP contribution in [0.2, 0.25) is 0 Å². The number of halogens is 3. The molecule has 11 nitrogen and oxygen atoms in total. The fourth-order valence-electron chi connectivity index (χ4n) is 4.99. The van der Waals surface area contributed by atoms with Crippen LogP contribution in [0.25, 0.3) is 0 Å². The standard InChI is InChI=1S/C26H31F3N6O5/c1-15(26(27,28)29)9-20(36)18-6-7-19-23(32-18)35(16-5-4-8-34(19)12-16)24(37)33-21-10-31-22(11-30-21)38-13-17-14-39-25(2,3)40-17/h6-7,10-11,15-17H,4-5,8-9,12-14H2,1-3H3,(H,30,33,37)/t15-,16-,17-/m0/s1. The van der Waals surface area contributed by atoms with Gasteiger partial charge in [0.1, 0.15) is 18.4 Å². The van der Waals surface area contributed by atoms with E-state index in [1.165, 1.54) is 23.4 Å². The number of fused-ring (bicyclic) bond motifs is 4. The largest absolute Gasteiger partial charge is 0.474 e. The predicted octanol–water partition coefficient (Wildman–Crippen LogP) is 4.19. The van der Waals surface area contributed by atoms with Gasteiger partial charge in [-0.1, -0.05) is 6.92 Å². The zero-order valence-corrected chi connectivity index (χ0v) is 22.4. The fraction of sp³-hybridized carbons (Fsp3) is 0.577. The Kier molecular flexibility index (Phi) is 7.57. The second kappa shape index (κ2) is 10.8. The van der Waals surface area contributed by atoms with Gasteiger partial charge in [-0.15, -0.1) is 0 Å². The van der Waals surface area contributed by atoms with E-state index in [0.717, 1.165) is 19.9 Å². The summed E-state index contributed by atoms with van der Waals surface area (Å²) in [6.07, 6.45) is -1.18. The van der Waals surface area contributed by atoms with Crippen LogP contribution in [0.3, 0.4) is 0 Å². The summed E-state index contributed by atoms with van der Waals surface area (Å²) in [6.45, 7) is 6.54. The molecule has 3 atom stereocenters. The van der Waals surface area contributed by atoms with Crippen molar-refractivity contribution in [2.45, 2.75) is 64.1 Å². The first kappa shape index (κ1) is 28.0. The molecule has 2 aromatic rings. The molecule has 14 heteroatoms. The van der Waals surface area contributed by atoms with Crippen molar-refractivity contribution in [1.29, 1.82) is 0 Å². The van der Waals surface area contributed by atoms with E-state index < -0.39 is 36.1 Å². The van der Waals surface area contributed by atoms with Gasteiger partial charge in [-0.3, -0.25) is 15.0 Å². The highest BCUT2D eigenvalue weighted by Crippen LogP contribution is 2.39. The van der Waals surface area contributed by atoms with Crippen molar-refractivity contribution in [2.75, 3.05) is 41.4 Å². The van der Waals surface area contributed by atoms with Crippen molar-refractivity contribution < 1.29 is 37.0 Å². The molecular formula is C26H31F3N6O5. The molecule has 0 spiro atoms. The number of nitrogens with zero attached hydrogens (tertiary/aromatic N) is 5. The minimum absolute atomic E-state index is 0.116. The van der Waals surface area contributed by atoms with Gasteiger partial charge < -0.3 is 19.1 Å². The third-order valence-electron chi connectivity index (χ3n) is 7.09. The lowest BCUT2D eigenvalue weighted by atomic mass is 9.98. The lowest BCUT2D eigenvalue weighted by Crippen LogP contribution is -2.56. The van der Waals surface area contributed by atoms with Crippen LogP contribution in [0, 0.1) is 5.92 Å². The van der Waals surface area contributed by atoms with E-state index in [-0.39, 0.29) is 42.0 Å². The maximum Gasteiger partial charge on any atom is 0.391 e. The zero-order chi connectivity index (χ0) is 28.7. The lowest BCUT2D eigenvalue weighted by molar-refractivity contribution is -0.168. The van der Waals surface area contributed by atoms with Crippen LogP contribution in [0.15, 0.2) is 24.5 Å². The van der Waals surface area contributed by atoms with Crippen LogP contribution < -0.4 is 19.9 Å². The van der Waals surface area contributed by atoms with E-state index in [2.05, 4.69) is 25.2 Å². The summed E-state index contributed by atoms with van der Waals surface area (Å²) in [7, 11) is 0. The lowest BCUT2D eigenvalue weighted by Gasteiger charge is -2.45. The monoisotopic (exact) mass is 564 g/mol. The highest BCUT2D eigenvalue weighted by molar-refractivity contribution is 6.04. The number of piperidine rings is 1. The number of Topliss-reactive ketones (excluding diaryl/α,β-unsaturated/α-hetero) is 1. The SMILES string of the molecule is C[C@@H](CC(=O)c1ccc2c(n1)N(C(=O)Nc1cnc(OC[C@H]3COC(C)(C)O3)cn1)[C@H]1CCCN2C1)C(F)(F)F. The Bertz CT molecular complexity index is 1260. The molecule has 0 aliphatic carbocycles. The van der Waals surface area contributed by atoms with Crippen molar-refractivity contribution in [3.05, 3.63) is 30.2 Å². The molecule has 0 aromatic carbocycles. The van der Waals surface area contributed by atoms with Gasteiger partial charge in [0.2, 0.25) is 5.88 Å². The Balaban J connectivity index is 1.29. The van der Waals surface area contributed by atoms with Crippen molar-refractivity contribution in [2.24, 2.45) is 5.92 Å². The van der Waals surface area contributed by atoms with Crippen molar-refractivity contribution in [3.8, 4) is 5.88 Å². The van der Waals surface area contributed by atoms with Crippen molar-refractivity contribution in [3.63, 3.8) is 0 Å². The maximum absolute atomic E-state index is 13.5. The molecule has 216 valence electrons. The molecule has 3 aliphatic rings. The molecule has 3 aliphatic heterocycles. The minimum Gasteiger partial charge on any atom is -0.474 e. The number of rotatable bonds is 7. The number of carbonyl (C=O) groups is 2. The van der Waals surface area contributed by atoms with Crippen LogP contribution in [-0.2, 0) is 9.47 Å². The van der Waals surface area contributed by atoms with E-state index in [9.17, 15) is 22.8 Å². The number of hydrogen-bond donors (Lipinski definition) is 1. The molecular weight excluding hydrogens is 533 g/mol. The Morgan fingerprint density at radius 2 is 2.05 bits per heavy atom. The summed E-state index contributed by atoms with van der Waals surface area (Å²) in [5.74, 6) is -2.57. The highest BCUT2D eigenvalue weighted by atomic mass is 19.4. The number of hydrogen-bond acceptors (Lipinski definition) is 9. The molecule has 40 heavy (non-hydrogen) atoms. The minimum atomic E-state index is -4.49. The third-order valence-corrected chi connectivity index (χ3v) is 7.09. The van der Waals surface area contributed by atoms with Crippen LogP contribution in [-0.4, -0.2) is 77.2 Å². The molecule has 0 radical (unpaired) electrons. The molecule has 2 fully saturated rings. The molecule has 0 unspecified atom stereocenters. The molecule has 5 heterocycles. The molecule has 2 saturated heterocycles. The summed E-state index contributed by atoms with van der Waals surface area (Å²) < 4.78 is 55.9. The second-order valence-electron chi connectivity index (χ2n) is 10.7. The van der Waals surface area contributed by atoms with E-state index in [1.807, 2.05) is 13.8 Å². The van der Waals surface area contributed by atoms with Gasteiger partial charge >= 0.3 is 12.2 Å². The summed E-state index contributed by atoms with van der Waals surface area (Å²) in [6, 6.07) is 2.29. The van der Waals surface area contributed by atoms with Gasteiger partial charge in [-0.25, -0.2) is 19.7 Å². The van der Waals surface area contributed by atoms with Crippen LogP contribution in [0.4, 0.5) is 35.3 Å². The van der Waals surface area contributed by atoms with Crippen molar-refractivity contribution in [1.82, 2.24) is 15.0 Å². The highest BCUT2D eigenvalue weighted by Gasteiger charge is 2.40. The number of ether oxygens (including phenoxy) is 3. The van der Waals surface area contributed by atoms with Gasteiger partial charge in [-0.2, -0.15) is 13.2 Å². The quantitative estimate of drug-likeness (QED) is 0.494. The predicted molar refractivity (Wildman–Crippen MR) is 138 cm³/mol. The number of alkyl halides is 3. The molecule has 2 bridgehead atoms. The first-order valence-electron chi connectivity index (χ1n) is 13.1. The average molecular weight is 565 g/mol. The summed E-state index contributed by atoms with van der Waals surface area (Å²) >= 11 is 0. The van der Waals surface area contributed by atoms with Crippen molar-refractivity contribution >= 4 is 29.1 Å². The van der Waals surface area contributed by atoms with Gasteiger partial charge in [0.15, 0.2) is 23.2 Å². The van der Waals surface area contributed by atoms with Crippen LogP contribution in [0.5, 0.6) is 5.88 Å². The Morgan fingerprint density at radius 1 is 1.25 bits per heavy atom. The smallest absolute Gasteiger partial charge is 0.391 e. The molecule has 2 amide bonds. The molecule has 0 saturated carbocycles. The summed E-state index contributed by atoms with van der Waals surface area (Å²) in [5.41, 5.74) is 0.526. The van der Waals surface area contributed by atoms with E-state index in [0.29, 0.717) is 25.3 Å². The summed E-state index contributed by atoms with van der Waals surface area (Å²) in [5, 5.41) is 2.71. The number of anilines is 3.